The number of furan rings is 2. The predicted octanol–water partition coefficient (Wildman–Crippen LogP) is 27.3. The number of pyridine rings is 1. The van der Waals surface area contributed by atoms with Gasteiger partial charge in [0.15, 0.2) is 17.0 Å². The van der Waals surface area contributed by atoms with Crippen molar-refractivity contribution in [1.29, 1.82) is 0 Å². The van der Waals surface area contributed by atoms with E-state index >= 15 is 0 Å². The summed E-state index contributed by atoms with van der Waals surface area (Å²) in [6.45, 7) is 0.615. The van der Waals surface area contributed by atoms with Gasteiger partial charge >= 0.3 is 0 Å². The average molecular weight is 1460 g/mol. The number of aromatic nitrogens is 3. The molecular formula is C106H74N6O2. The Labute approximate surface area is 658 Å². The highest BCUT2D eigenvalue weighted by Gasteiger charge is 2.49. The standard InChI is InChI=1S/C106H74N6O2/c1-3-29-71(30-4-1)111(94-50-47-79(78-36-13-14-38-83(78)94)76-40-19-26-64-23-7-10-33-73(64)76)96-52-49-86-89-57-68(67-53-55-107-91(59-67)81-42-21-28-66-25-9-12-35-75(66)81)60-97-99(89)101-85(48-51-95(104(101)113-97)110-56-54-80(82-37-15-17-45-92(82)110)77-41-20-27-65-24-8-11-34-74(65)77)90-58-69(61-98-100(90)102(86)105(96)114-98)70-62-108-106(109-63-70)88-44-22-43-87-84-39-16-18-46-93(84)112(103(87)88)72-31-5-2-6-32-72/h2,5-28,31-55,57-63,71,84,87,93,103H,1,3-4,29-30,56H2. The van der Waals surface area contributed by atoms with E-state index in [0.717, 1.165) is 158 Å². The predicted molar refractivity (Wildman–Crippen MR) is 474 cm³/mol. The third-order valence-corrected chi connectivity index (χ3v) is 25.7. The molecule has 2 aliphatic heterocycles. The molecule has 0 bridgehead atoms. The summed E-state index contributed by atoms with van der Waals surface area (Å²) in [6.07, 6.45) is 30.1. The Kier molecular flexibility index (Phi) is 14.7. The molecule has 19 aromatic rings. The molecule has 6 heterocycles. The molecule has 1 saturated carbocycles. The van der Waals surface area contributed by atoms with E-state index in [1.165, 1.54) is 83.3 Å². The monoisotopic (exact) mass is 1460 g/mol. The van der Waals surface area contributed by atoms with Crippen LogP contribution in [0.1, 0.15) is 49.1 Å². The molecule has 540 valence electrons. The van der Waals surface area contributed by atoms with Gasteiger partial charge in [0.2, 0.25) is 0 Å². The fraction of sp³-hybridized carbons (Fsp3) is 0.104. The van der Waals surface area contributed by atoms with Crippen LogP contribution >= 0.6 is 0 Å². The Hall–Kier alpha value is -14.0. The number of benzene rings is 14. The van der Waals surface area contributed by atoms with E-state index in [2.05, 4.69) is 342 Å². The second-order valence-electron chi connectivity index (χ2n) is 31.7. The van der Waals surface area contributed by atoms with Crippen molar-refractivity contribution in [3.05, 3.63) is 363 Å². The van der Waals surface area contributed by atoms with Crippen LogP contribution in [0.4, 0.5) is 28.4 Å². The van der Waals surface area contributed by atoms with Crippen LogP contribution in [0.15, 0.2) is 355 Å². The van der Waals surface area contributed by atoms with Gasteiger partial charge in [-0.25, -0.2) is 9.97 Å². The van der Waals surface area contributed by atoms with Crippen LogP contribution in [-0.4, -0.2) is 39.6 Å². The van der Waals surface area contributed by atoms with E-state index in [0.29, 0.717) is 12.5 Å². The first kappa shape index (κ1) is 64.8. The maximum Gasteiger partial charge on any atom is 0.159 e. The summed E-state index contributed by atoms with van der Waals surface area (Å²) >= 11 is 0. The Morgan fingerprint density at radius 1 is 0.377 bits per heavy atom. The summed E-state index contributed by atoms with van der Waals surface area (Å²) in [7, 11) is 0. The molecule has 0 amide bonds. The molecule has 1 saturated heterocycles. The summed E-state index contributed by atoms with van der Waals surface area (Å²) in [5.74, 6) is 1.27. The summed E-state index contributed by atoms with van der Waals surface area (Å²) in [5, 5.41) is 18.1. The van der Waals surface area contributed by atoms with Gasteiger partial charge < -0.3 is 23.5 Å². The number of rotatable bonds is 11. The Bertz CT molecular complexity index is 7360. The fourth-order valence-corrected chi connectivity index (χ4v) is 20.7. The molecule has 4 aromatic heterocycles. The van der Waals surface area contributed by atoms with Gasteiger partial charge in [0.25, 0.3) is 0 Å². The van der Waals surface area contributed by atoms with E-state index in [1.807, 2.05) is 18.6 Å². The number of anilines is 5. The highest BCUT2D eigenvalue weighted by molar-refractivity contribution is 6.38. The van der Waals surface area contributed by atoms with Crippen LogP contribution in [0.2, 0.25) is 0 Å². The number of allylic oxidation sites excluding steroid dienone is 4. The first-order valence-electron chi connectivity index (χ1n) is 40.3. The van der Waals surface area contributed by atoms with Crippen LogP contribution in [0.25, 0.3) is 164 Å². The molecule has 3 aliphatic carbocycles. The Morgan fingerprint density at radius 2 is 0.956 bits per heavy atom. The zero-order valence-corrected chi connectivity index (χ0v) is 62.5. The highest BCUT2D eigenvalue weighted by Crippen LogP contribution is 2.56. The van der Waals surface area contributed by atoms with Gasteiger partial charge in [-0.3, -0.25) is 4.98 Å². The molecule has 4 unspecified atom stereocenters. The third-order valence-electron chi connectivity index (χ3n) is 25.7. The van der Waals surface area contributed by atoms with Crippen molar-refractivity contribution >= 4 is 148 Å². The fourth-order valence-electron chi connectivity index (χ4n) is 20.7. The lowest BCUT2D eigenvalue weighted by atomic mass is 9.80. The van der Waals surface area contributed by atoms with E-state index in [-0.39, 0.29) is 24.0 Å². The van der Waals surface area contributed by atoms with Crippen LogP contribution in [-0.2, 0) is 0 Å². The second kappa shape index (κ2) is 25.8. The van der Waals surface area contributed by atoms with E-state index < -0.39 is 0 Å². The zero-order chi connectivity index (χ0) is 74.6. The van der Waals surface area contributed by atoms with Gasteiger partial charge in [-0.15, -0.1) is 0 Å². The van der Waals surface area contributed by atoms with Gasteiger partial charge in [-0.2, -0.15) is 0 Å². The summed E-state index contributed by atoms with van der Waals surface area (Å²) < 4.78 is 15.9. The van der Waals surface area contributed by atoms with Gasteiger partial charge in [0.1, 0.15) is 11.2 Å². The molecule has 8 nitrogen and oxygen atoms in total. The smallest absolute Gasteiger partial charge is 0.159 e. The molecule has 114 heavy (non-hydrogen) atoms. The van der Waals surface area contributed by atoms with Crippen molar-refractivity contribution in [2.45, 2.75) is 50.2 Å². The molecular weight excluding hydrogens is 1390 g/mol. The average Bonchev–Trinajstić information content (AvgIpc) is 1.51. The van der Waals surface area contributed by atoms with Crippen molar-refractivity contribution in [3.63, 3.8) is 0 Å². The second-order valence-corrected chi connectivity index (χ2v) is 31.7. The molecule has 24 rings (SSSR count). The first-order chi connectivity index (χ1) is 56.6. The lowest BCUT2D eigenvalue weighted by Crippen LogP contribution is -2.39. The van der Waals surface area contributed by atoms with Crippen molar-refractivity contribution in [2.24, 2.45) is 11.8 Å². The SMILES string of the molecule is C1=CC2C3C=CC=C(c4ncc(-c5cc6oc7c(N(c8ccc(-c9cccc%10ccccc9%10)c9ccccc89)C8CCCCC8)ccc8c9cc(-c%10ccnc(-c%11cccc%12ccccc%11%12)c%10)cc%10oc%11c(N%12CC=C(c%13cccc%14ccccc%13%14)c%13ccccc%13%12)ccc(c(c5)c6c78)c%11c%109)cn4)C3N(c3ccccc3)C2C=C1. The topological polar surface area (TPSA) is 74.7 Å². The van der Waals surface area contributed by atoms with Crippen molar-refractivity contribution in [2.75, 3.05) is 21.2 Å². The normalized spacial score (nSPS) is 17.5. The number of hydrogen-bond donors (Lipinski definition) is 0. The number of para-hydroxylation sites is 2. The van der Waals surface area contributed by atoms with Crippen molar-refractivity contribution in [1.82, 2.24) is 15.0 Å². The van der Waals surface area contributed by atoms with Crippen LogP contribution < -0.4 is 14.7 Å². The summed E-state index contributed by atoms with van der Waals surface area (Å²) in [6, 6.07) is 103. The highest BCUT2D eigenvalue weighted by atomic mass is 16.3. The largest absolute Gasteiger partial charge is 0.454 e. The van der Waals surface area contributed by atoms with Crippen LogP contribution in [0, 0.1) is 11.8 Å². The summed E-state index contributed by atoms with van der Waals surface area (Å²) in [4.78, 5) is 23.7. The molecule has 0 radical (unpaired) electrons. The minimum Gasteiger partial charge on any atom is -0.454 e. The van der Waals surface area contributed by atoms with Gasteiger partial charge in [0.05, 0.1) is 29.2 Å². The molecule has 5 aliphatic rings. The van der Waals surface area contributed by atoms with Gasteiger partial charge in [0, 0.05) is 109 Å². The molecule has 8 heteroatoms. The van der Waals surface area contributed by atoms with Crippen LogP contribution in [0.3, 0.4) is 0 Å². The molecule has 4 atom stereocenters. The van der Waals surface area contributed by atoms with Crippen molar-refractivity contribution < 1.29 is 8.83 Å². The molecule has 0 N–H and O–H groups in total. The van der Waals surface area contributed by atoms with Gasteiger partial charge in [-0.05, 0) is 184 Å². The minimum absolute atomic E-state index is 0.0282. The van der Waals surface area contributed by atoms with E-state index in [4.69, 9.17) is 23.8 Å². The third kappa shape index (κ3) is 9.99. The minimum atomic E-state index is 0.0282. The Balaban J connectivity index is 0.764. The lowest BCUT2D eigenvalue weighted by molar-refractivity contribution is 0.436. The van der Waals surface area contributed by atoms with E-state index in [1.54, 1.807) is 0 Å². The zero-order valence-electron chi connectivity index (χ0n) is 62.5. The van der Waals surface area contributed by atoms with E-state index in [9.17, 15) is 0 Å². The van der Waals surface area contributed by atoms with Crippen LogP contribution in [0.5, 0.6) is 0 Å². The molecule has 0 spiro atoms. The lowest BCUT2D eigenvalue weighted by Gasteiger charge is -2.37. The number of hydrogen-bond acceptors (Lipinski definition) is 8. The maximum absolute atomic E-state index is 8.02. The Morgan fingerprint density at radius 3 is 1.71 bits per heavy atom. The summed E-state index contributed by atoms with van der Waals surface area (Å²) in [5.41, 5.74) is 21.8. The first-order valence-corrected chi connectivity index (χ1v) is 40.3. The quantitative estimate of drug-likeness (QED) is 0.127. The van der Waals surface area contributed by atoms with Gasteiger partial charge in [-0.1, -0.05) is 274 Å². The van der Waals surface area contributed by atoms with Crippen molar-refractivity contribution in [3.8, 4) is 44.6 Å². The number of nitrogens with zero attached hydrogens (tertiary/aromatic N) is 6. The number of fused-ring (bicyclic) bond motifs is 10. The molecule has 2 fully saturated rings. The maximum atomic E-state index is 8.02. The molecule has 15 aromatic carbocycles.